The van der Waals surface area contributed by atoms with Gasteiger partial charge >= 0.3 is 0 Å². The lowest BCUT2D eigenvalue weighted by Crippen LogP contribution is -2.17. The zero-order valence-corrected chi connectivity index (χ0v) is 12.9. The van der Waals surface area contributed by atoms with Gasteiger partial charge in [0.15, 0.2) is 0 Å². The molecule has 0 spiro atoms. The second-order valence-corrected chi connectivity index (χ2v) is 5.97. The molecule has 21 heavy (non-hydrogen) atoms. The van der Waals surface area contributed by atoms with E-state index in [0.29, 0.717) is 18.5 Å². The molecule has 0 saturated carbocycles. The minimum atomic E-state index is 0.590. The van der Waals surface area contributed by atoms with Crippen molar-refractivity contribution in [2.24, 2.45) is 5.92 Å². The maximum atomic E-state index is 6.15. The quantitative estimate of drug-likeness (QED) is 0.917. The van der Waals surface area contributed by atoms with Gasteiger partial charge in [-0.2, -0.15) is 0 Å². The summed E-state index contributed by atoms with van der Waals surface area (Å²) < 4.78 is 7.92. The average molecular weight is 288 g/mol. The van der Waals surface area contributed by atoms with Crippen LogP contribution in [0.25, 0.3) is 11.0 Å². The molecule has 3 rings (SSSR count). The number of ether oxygens (including phenoxy) is 1. The zero-order valence-electron chi connectivity index (χ0n) is 12.9. The highest BCUT2D eigenvalue weighted by atomic mass is 16.5. The third-order valence-electron chi connectivity index (χ3n) is 4.16. The Morgan fingerprint density at radius 2 is 2.29 bits per heavy atom. The molecule has 1 unspecified atom stereocenters. The van der Waals surface area contributed by atoms with Gasteiger partial charge in [0.05, 0.1) is 12.1 Å². The number of nitrogens with two attached hydrogens (primary N) is 1. The van der Waals surface area contributed by atoms with E-state index in [0.717, 1.165) is 36.3 Å². The third-order valence-corrected chi connectivity index (χ3v) is 4.16. The number of anilines is 1. The predicted octanol–water partition coefficient (Wildman–Crippen LogP) is 2.36. The summed E-state index contributed by atoms with van der Waals surface area (Å²) in [5.74, 6) is 2.07. The SMILES string of the molecule is CCCOc1cccc2c1nc(N)n2CC1CCN(C)C1. The molecule has 1 aliphatic heterocycles. The van der Waals surface area contributed by atoms with Crippen molar-refractivity contribution in [3.8, 4) is 5.75 Å². The van der Waals surface area contributed by atoms with Crippen LogP contribution in [0.3, 0.4) is 0 Å². The molecule has 1 saturated heterocycles. The summed E-state index contributed by atoms with van der Waals surface area (Å²) in [4.78, 5) is 6.90. The monoisotopic (exact) mass is 288 g/mol. The van der Waals surface area contributed by atoms with Crippen LogP contribution in [0.4, 0.5) is 5.95 Å². The van der Waals surface area contributed by atoms with Gasteiger partial charge in [-0.25, -0.2) is 4.98 Å². The lowest BCUT2D eigenvalue weighted by molar-refractivity contribution is 0.320. The number of likely N-dealkylation sites (tertiary alicyclic amines) is 1. The molecule has 0 aliphatic carbocycles. The minimum Gasteiger partial charge on any atom is -0.491 e. The molecule has 2 N–H and O–H groups in total. The molecule has 0 amide bonds. The van der Waals surface area contributed by atoms with Crippen molar-refractivity contribution >= 4 is 17.0 Å². The number of rotatable bonds is 5. The van der Waals surface area contributed by atoms with E-state index in [1.54, 1.807) is 0 Å². The predicted molar refractivity (Wildman–Crippen MR) is 85.5 cm³/mol. The summed E-state index contributed by atoms with van der Waals surface area (Å²) in [6.45, 7) is 6.04. The van der Waals surface area contributed by atoms with E-state index < -0.39 is 0 Å². The van der Waals surface area contributed by atoms with Crippen LogP contribution in [-0.4, -0.2) is 41.2 Å². The van der Waals surface area contributed by atoms with E-state index in [-0.39, 0.29) is 0 Å². The van der Waals surface area contributed by atoms with Gasteiger partial charge in [-0.05, 0) is 44.5 Å². The highest BCUT2D eigenvalue weighted by Gasteiger charge is 2.22. The Morgan fingerprint density at radius 1 is 1.43 bits per heavy atom. The average Bonchev–Trinajstić information content (AvgIpc) is 3.02. The van der Waals surface area contributed by atoms with Crippen molar-refractivity contribution in [3.05, 3.63) is 18.2 Å². The fourth-order valence-electron chi connectivity index (χ4n) is 3.09. The number of fused-ring (bicyclic) bond motifs is 1. The van der Waals surface area contributed by atoms with Crippen molar-refractivity contribution in [2.75, 3.05) is 32.5 Å². The molecular formula is C16H24N4O. The van der Waals surface area contributed by atoms with Gasteiger partial charge in [0.25, 0.3) is 0 Å². The summed E-state index contributed by atoms with van der Waals surface area (Å²) >= 11 is 0. The normalized spacial score (nSPS) is 19.4. The second kappa shape index (κ2) is 5.93. The van der Waals surface area contributed by atoms with Gasteiger partial charge in [-0.1, -0.05) is 13.0 Å². The molecule has 5 nitrogen and oxygen atoms in total. The van der Waals surface area contributed by atoms with Gasteiger partial charge in [-0.15, -0.1) is 0 Å². The number of nitrogen functional groups attached to an aromatic ring is 1. The fourth-order valence-corrected chi connectivity index (χ4v) is 3.09. The van der Waals surface area contributed by atoms with E-state index in [9.17, 15) is 0 Å². The number of imidazole rings is 1. The van der Waals surface area contributed by atoms with Crippen molar-refractivity contribution in [1.82, 2.24) is 14.5 Å². The molecule has 1 fully saturated rings. The number of benzene rings is 1. The second-order valence-electron chi connectivity index (χ2n) is 5.97. The molecule has 0 bridgehead atoms. The Labute approximate surface area is 125 Å². The lowest BCUT2D eigenvalue weighted by atomic mass is 10.1. The van der Waals surface area contributed by atoms with Crippen LogP contribution in [0.5, 0.6) is 5.75 Å². The molecule has 114 valence electrons. The van der Waals surface area contributed by atoms with E-state index in [1.807, 2.05) is 12.1 Å². The van der Waals surface area contributed by atoms with E-state index in [4.69, 9.17) is 10.5 Å². The topological polar surface area (TPSA) is 56.3 Å². The first kappa shape index (κ1) is 14.2. The van der Waals surface area contributed by atoms with Gasteiger partial charge in [-0.3, -0.25) is 0 Å². The lowest BCUT2D eigenvalue weighted by Gasteiger charge is -2.13. The maximum Gasteiger partial charge on any atom is 0.201 e. The third kappa shape index (κ3) is 2.83. The summed E-state index contributed by atoms with van der Waals surface area (Å²) in [5.41, 5.74) is 8.11. The van der Waals surface area contributed by atoms with E-state index in [1.165, 1.54) is 13.0 Å². The summed E-state index contributed by atoms with van der Waals surface area (Å²) in [6, 6.07) is 6.07. The Hall–Kier alpha value is -1.75. The highest BCUT2D eigenvalue weighted by Crippen LogP contribution is 2.29. The van der Waals surface area contributed by atoms with Crippen LogP contribution in [0.2, 0.25) is 0 Å². The molecule has 1 atom stereocenters. The number of nitrogens with zero attached hydrogens (tertiary/aromatic N) is 3. The molecule has 5 heteroatoms. The largest absolute Gasteiger partial charge is 0.491 e. The van der Waals surface area contributed by atoms with Gasteiger partial charge in [0.1, 0.15) is 11.3 Å². The molecule has 1 aliphatic rings. The summed E-state index contributed by atoms with van der Waals surface area (Å²) in [5, 5.41) is 0. The smallest absolute Gasteiger partial charge is 0.201 e. The van der Waals surface area contributed by atoms with Crippen LogP contribution in [0, 0.1) is 5.92 Å². The first-order chi connectivity index (χ1) is 10.2. The summed E-state index contributed by atoms with van der Waals surface area (Å²) in [7, 11) is 2.17. The molecular weight excluding hydrogens is 264 g/mol. The minimum absolute atomic E-state index is 0.590. The van der Waals surface area contributed by atoms with Gasteiger partial charge in [0.2, 0.25) is 5.95 Å². The Bertz CT molecular complexity index is 622. The van der Waals surface area contributed by atoms with Crippen LogP contribution >= 0.6 is 0 Å². The zero-order chi connectivity index (χ0) is 14.8. The molecule has 1 aromatic heterocycles. The van der Waals surface area contributed by atoms with Gasteiger partial charge in [0, 0.05) is 13.1 Å². The first-order valence-electron chi connectivity index (χ1n) is 7.75. The standard InChI is InChI=1S/C16H24N4O/c1-3-9-21-14-6-4-5-13-15(14)18-16(17)20(13)11-12-7-8-19(2)10-12/h4-6,12H,3,7-11H2,1-2H3,(H2,17,18). The number of aromatic nitrogens is 2. The van der Waals surface area contributed by atoms with Crippen molar-refractivity contribution in [3.63, 3.8) is 0 Å². The summed E-state index contributed by atoms with van der Waals surface area (Å²) in [6.07, 6.45) is 2.21. The van der Waals surface area contributed by atoms with Crippen LogP contribution < -0.4 is 10.5 Å². The van der Waals surface area contributed by atoms with E-state index >= 15 is 0 Å². The highest BCUT2D eigenvalue weighted by molar-refractivity contribution is 5.84. The number of hydrogen-bond donors (Lipinski definition) is 1. The Morgan fingerprint density at radius 3 is 3.00 bits per heavy atom. The van der Waals surface area contributed by atoms with Crippen LogP contribution in [-0.2, 0) is 6.54 Å². The molecule has 2 heterocycles. The van der Waals surface area contributed by atoms with Crippen LogP contribution in [0.15, 0.2) is 18.2 Å². The molecule has 0 radical (unpaired) electrons. The van der Waals surface area contributed by atoms with Crippen molar-refractivity contribution < 1.29 is 4.74 Å². The maximum absolute atomic E-state index is 6.15. The fraction of sp³-hybridized carbons (Fsp3) is 0.562. The Kier molecular flexibility index (Phi) is 4.01. The molecule has 1 aromatic carbocycles. The molecule has 2 aromatic rings. The van der Waals surface area contributed by atoms with E-state index in [2.05, 4.69) is 34.5 Å². The first-order valence-corrected chi connectivity index (χ1v) is 7.75. The number of para-hydroxylation sites is 1. The van der Waals surface area contributed by atoms with Gasteiger partial charge < -0.3 is 19.9 Å². The number of hydrogen-bond acceptors (Lipinski definition) is 4. The van der Waals surface area contributed by atoms with Crippen molar-refractivity contribution in [1.29, 1.82) is 0 Å². The van der Waals surface area contributed by atoms with Crippen LogP contribution in [0.1, 0.15) is 19.8 Å². The van der Waals surface area contributed by atoms with Crippen molar-refractivity contribution in [2.45, 2.75) is 26.3 Å². The Balaban J connectivity index is 1.90.